The van der Waals surface area contributed by atoms with Crippen LogP contribution in [0.2, 0.25) is 5.02 Å². The number of nitrogens with zero attached hydrogens (tertiary/aromatic N) is 1. The smallest absolute Gasteiger partial charge is 0.225 e. The maximum atomic E-state index is 12.6. The van der Waals surface area contributed by atoms with E-state index >= 15 is 0 Å². The second-order valence-electron chi connectivity index (χ2n) is 6.08. The van der Waals surface area contributed by atoms with Crippen molar-refractivity contribution in [3.05, 3.63) is 34.9 Å². The molecular formula is C17H23ClN2O2. The van der Waals surface area contributed by atoms with Crippen LogP contribution in [0.25, 0.3) is 0 Å². The predicted molar refractivity (Wildman–Crippen MR) is 87.1 cm³/mol. The monoisotopic (exact) mass is 322 g/mol. The summed E-state index contributed by atoms with van der Waals surface area (Å²) < 4.78 is 5.65. The normalized spacial score (nSPS) is 25.4. The highest BCUT2D eigenvalue weighted by atomic mass is 35.5. The number of amides is 1. The van der Waals surface area contributed by atoms with Gasteiger partial charge in [-0.2, -0.15) is 0 Å². The summed E-state index contributed by atoms with van der Waals surface area (Å²) in [7, 11) is 0. The van der Waals surface area contributed by atoms with Crippen molar-refractivity contribution >= 4 is 17.5 Å². The van der Waals surface area contributed by atoms with Gasteiger partial charge in [0.15, 0.2) is 0 Å². The fraction of sp³-hybridized carbons (Fsp3) is 0.588. The summed E-state index contributed by atoms with van der Waals surface area (Å²) in [6.45, 7) is 3.20. The zero-order valence-corrected chi connectivity index (χ0v) is 13.5. The van der Waals surface area contributed by atoms with Crippen LogP contribution < -0.4 is 5.32 Å². The number of rotatable bonds is 4. The summed E-state index contributed by atoms with van der Waals surface area (Å²) in [5, 5.41) is 4.07. The number of carbonyl (C=O) groups is 1. The van der Waals surface area contributed by atoms with Crippen molar-refractivity contribution in [1.82, 2.24) is 10.2 Å². The number of hydrogen-bond acceptors (Lipinski definition) is 3. The van der Waals surface area contributed by atoms with E-state index < -0.39 is 0 Å². The molecule has 0 aliphatic carbocycles. The van der Waals surface area contributed by atoms with Gasteiger partial charge in [0.2, 0.25) is 5.91 Å². The molecule has 1 amide bonds. The summed E-state index contributed by atoms with van der Waals surface area (Å²) in [4.78, 5) is 14.6. The van der Waals surface area contributed by atoms with Crippen molar-refractivity contribution in [3.63, 3.8) is 0 Å². The van der Waals surface area contributed by atoms with Gasteiger partial charge in [-0.1, -0.05) is 29.8 Å². The highest BCUT2D eigenvalue weighted by Crippen LogP contribution is 2.25. The van der Waals surface area contributed by atoms with Gasteiger partial charge in [0.05, 0.1) is 19.1 Å². The van der Waals surface area contributed by atoms with E-state index in [1.807, 2.05) is 23.1 Å². The zero-order valence-electron chi connectivity index (χ0n) is 12.8. The Morgan fingerprint density at radius 1 is 1.41 bits per heavy atom. The zero-order chi connectivity index (χ0) is 15.4. The van der Waals surface area contributed by atoms with Crippen LogP contribution in [-0.2, 0) is 16.0 Å². The lowest BCUT2D eigenvalue weighted by Gasteiger charge is -2.29. The van der Waals surface area contributed by atoms with Crippen molar-refractivity contribution in [2.75, 3.05) is 26.2 Å². The molecule has 5 heteroatoms. The van der Waals surface area contributed by atoms with Crippen LogP contribution in [-0.4, -0.2) is 49.2 Å². The van der Waals surface area contributed by atoms with Crippen LogP contribution in [0, 0.1) is 0 Å². The molecule has 1 aromatic rings. The molecule has 0 bridgehead atoms. The summed E-state index contributed by atoms with van der Waals surface area (Å²) in [5.74, 6) is 0.211. The molecule has 2 aliphatic heterocycles. The first-order valence-electron chi connectivity index (χ1n) is 8.09. The molecular weight excluding hydrogens is 300 g/mol. The minimum absolute atomic E-state index is 0.0165. The third-order valence-corrected chi connectivity index (χ3v) is 4.89. The van der Waals surface area contributed by atoms with Crippen molar-refractivity contribution < 1.29 is 9.53 Å². The molecule has 2 heterocycles. The largest absolute Gasteiger partial charge is 0.375 e. The molecule has 4 nitrogen and oxygen atoms in total. The van der Waals surface area contributed by atoms with Gasteiger partial charge in [-0.15, -0.1) is 0 Å². The SMILES string of the molecule is O=C(C[C@H]1CNCCO1)N1CCC[C@H]1Cc1ccccc1Cl. The Morgan fingerprint density at radius 2 is 2.27 bits per heavy atom. The van der Waals surface area contributed by atoms with Gasteiger partial charge in [0.25, 0.3) is 0 Å². The lowest BCUT2D eigenvalue weighted by molar-refractivity contribution is -0.135. The number of likely N-dealkylation sites (tertiary alicyclic amines) is 1. The standard InChI is InChI=1S/C17H23ClN2O2/c18-16-6-2-1-4-13(16)10-14-5-3-8-20(14)17(21)11-15-12-19-7-9-22-15/h1-2,4,6,14-15,19H,3,5,7-12H2/t14-,15-/m0/s1. The van der Waals surface area contributed by atoms with Gasteiger partial charge in [-0.25, -0.2) is 0 Å². The topological polar surface area (TPSA) is 41.6 Å². The molecule has 22 heavy (non-hydrogen) atoms. The highest BCUT2D eigenvalue weighted by molar-refractivity contribution is 6.31. The summed E-state index contributed by atoms with van der Waals surface area (Å²) >= 11 is 6.25. The van der Waals surface area contributed by atoms with Gasteiger partial charge < -0.3 is 15.0 Å². The van der Waals surface area contributed by atoms with Crippen molar-refractivity contribution in [2.24, 2.45) is 0 Å². The Kier molecular flexibility index (Phi) is 5.34. The summed E-state index contributed by atoms with van der Waals surface area (Å²) in [6, 6.07) is 8.18. The first-order chi connectivity index (χ1) is 10.7. The molecule has 3 rings (SSSR count). The van der Waals surface area contributed by atoms with E-state index in [0.29, 0.717) is 13.0 Å². The van der Waals surface area contributed by atoms with Crippen LogP contribution in [0.3, 0.4) is 0 Å². The molecule has 0 spiro atoms. The third-order valence-electron chi connectivity index (χ3n) is 4.52. The Labute approximate surface area is 136 Å². The molecule has 0 unspecified atom stereocenters. The Hall–Kier alpha value is -1.10. The molecule has 2 saturated heterocycles. The van der Waals surface area contributed by atoms with E-state index in [1.54, 1.807) is 0 Å². The predicted octanol–water partition coefficient (Wildman–Crippen LogP) is 2.25. The number of nitrogens with one attached hydrogen (secondary N) is 1. The Morgan fingerprint density at radius 3 is 3.05 bits per heavy atom. The average Bonchev–Trinajstić information content (AvgIpc) is 2.99. The fourth-order valence-corrected chi connectivity index (χ4v) is 3.57. The molecule has 1 aromatic carbocycles. The highest BCUT2D eigenvalue weighted by Gasteiger charge is 2.30. The lowest BCUT2D eigenvalue weighted by atomic mass is 10.0. The molecule has 120 valence electrons. The molecule has 0 saturated carbocycles. The number of ether oxygens (including phenoxy) is 1. The van der Waals surface area contributed by atoms with Gasteiger partial charge in [-0.05, 0) is 30.9 Å². The number of morpholine rings is 1. The van der Waals surface area contributed by atoms with E-state index in [0.717, 1.165) is 49.5 Å². The number of halogens is 1. The maximum Gasteiger partial charge on any atom is 0.225 e. The number of benzene rings is 1. The summed E-state index contributed by atoms with van der Waals surface area (Å²) in [5.41, 5.74) is 1.13. The van der Waals surface area contributed by atoms with Crippen LogP contribution in [0.1, 0.15) is 24.8 Å². The molecule has 2 atom stereocenters. The molecule has 0 aromatic heterocycles. The average molecular weight is 323 g/mol. The van der Waals surface area contributed by atoms with Crippen LogP contribution in [0.15, 0.2) is 24.3 Å². The van der Waals surface area contributed by atoms with Crippen LogP contribution >= 0.6 is 11.6 Å². The van der Waals surface area contributed by atoms with E-state index in [4.69, 9.17) is 16.3 Å². The molecule has 0 radical (unpaired) electrons. The molecule has 2 aliphatic rings. The van der Waals surface area contributed by atoms with Crippen LogP contribution in [0.5, 0.6) is 0 Å². The molecule has 1 N–H and O–H groups in total. The Bertz CT molecular complexity index is 517. The maximum absolute atomic E-state index is 12.6. The Balaban J connectivity index is 1.60. The van der Waals surface area contributed by atoms with Gasteiger partial charge >= 0.3 is 0 Å². The van der Waals surface area contributed by atoms with E-state index in [1.165, 1.54) is 0 Å². The van der Waals surface area contributed by atoms with Gasteiger partial charge in [0.1, 0.15) is 0 Å². The second kappa shape index (κ2) is 7.44. The van der Waals surface area contributed by atoms with Gasteiger partial charge in [-0.3, -0.25) is 4.79 Å². The quantitative estimate of drug-likeness (QED) is 0.924. The number of carbonyl (C=O) groups excluding carboxylic acids is 1. The minimum atomic E-state index is 0.0165. The van der Waals surface area contributed by atoms with Crippen LogP contribution in [0.4, 0.5) is 0 Å². The fourth-order valence-electron chi connectivity index (χ4n) is 3.36. The minimum Gasteiger partial charge on any atom is -0.375 e. The number of hydrogen-bond donors (Lipinski definition) is 1. The lowest BCUT2D eigenvalue weighted by Crippen LogP contribution is -2.44. The molecule has 2 fully saturated rings. The summed E-state index contributed by atoms with van der Waals surface area (Å²) in [6.07, 6.45) is 3.47. The third kappa shape index (κ3) is 3.80. The van der Waals surface area contributed by atoms with Crippen molar-refractivity contribution in [2.45, 2.75) is 37.8 Å². The van der Waals surface area contributed by atoms with Gasteiger partial charge in [0, 0.05) is 30.7 Å². The van der Waals surface area contributed by atoms with E-state index in [-0.39, 0.29) is 18.1 Å². The van der Waals surface area contributed by atoms with Crippen molar-refractivity contribution in [1.29, 1.82) is 0 Å². The van der Waals surface area contributed by atoms with E-state index in [2.05, 4.69) is 11.4 Å². The second-order valence-corrected chi connectivity index (χ2v) is 6.49. The first-order valence-corrected chi connectivity index (χ1v) is 8.47. The first kappa shape index (κ1) is 15.8. The van der Waals surface area contributed by atoms with Crippen molar-refractivity contribution in [3.8, 4) is 0 Å². The van der Waals surface area contributed by atoms with E-state index in [9.17, 15) is 4.79 Å².